The average molecular weight is 448 g/mol. The lowest BCUT2D eigenvalue weighted by Gasteiger charge is -2.28. The third-order valence-corrected chi connectivity index (χ3v) is 9.32. The highest BCUT2D eigenvalue weighted by Gasteiger charge is 2.46. The van der Waals surface area contributed by atoms with Gasteiger partial charge in [0.2, 0.25) is 0 Å². The number of hydrogen-bond acceptors (Lipinski definition) is 3. The van der Waals surface area contributed by atoms with E-state index in [-0.39, 0.29) is 5.97 Å². The largest absolute Gasteiger partial charge is 0.494 e. The Morgan fingerprint density at radius 3 is 1.53 bits per heavy atom. The van der Waals surface area contributed by atoms with Crippen LogP contribution < -0.4 is 15.9 Å². The van der Waals surface area contributed by atoms with Crippen LogP contribution in [0.15, 0.2) is 103 Å². The molecule has 0 fully saturated rings. The number of rotatable bonds is 8. The molecule has 0 atom stereocenters. The Morgan fingerprint density at radius 1 is 0.781 bits per heavy atom. The number of carbonyl (C=O) groups excluding carboxylic acids is 1. The number of hydrogen-bond donors (Lipinski definition) is 0. The molecular weight excluding hydrogens is 415 g/mol. The molecule has 166 valence electrons. The van der Waals surface area contributed by atoms with Crippen molar-refractivity contribution in [3.8, 4) is 0 Å². The molecule has 0 amide bonds. The normalized spacial score (nSPS) is 12.3. The molecule has 0 saturated carbocycles. The maximum absolute atomic E-state index is 12.7. The van der Waals surface area contributed by atoms with Crippen molar-refractivity contribution in [1.82, 2.24) is 0 Å². The highest BCUT2D eigenvalue weighted by atomic mass is 31.2. The summed E-state index contributed by atoms with van der Waals surface area (Å²) in [4.78, 5) is 12.7. The fraction of sp³-hybridized carbons (Fsp3) is 0.250. The second kappa shape index (κ2) is 10.6. The van der Waals surface area contributed by atoms with Gasteiger partial charge in [0.15, 0.2) is 0 Å². The fourth-order valence-electron chi connectivity index (χ4n) is 3.78. The van der Waals surface area contributed by atoms with Gasteiger partial charge in [-0.25, -0.2) is 4.79 Å². The van der Waals surface area contributed by atoms with E-state index in [9.17, 15) is 4.79 Å². The molecule has 0 bridgehead atoms. The van der Waals surface area contributed by atoms with Crippen molar-refractivity contribution in [1.29, 1.82) is 0 Å². The standard InChI is InChI=1S/C28H32O3P/c1-5-30-23(21-27(29)31-28(2,3)4)22-32(24-15-9-6-10-16-24,25-17-11-7-12-18-25)26-19-13-8-14-20-26/h6-21H,5,22H2,1-4H3/q+1/b23-21+. The maximum Gasteiger partial charge on any atom is 0.334 e. The molecule has 0 unspecified atom stereocenters. The summed E-state index contributed by atoms with van der Waals surface area (Å²) in [5.74, 6) is 0.264. The molecule has 0 aliphatic heterocycles. The average Bonchev–Trinajstić information content (AvgIpc) is 2.78. The first-order valence-electron chi connectivity index (χ1n) is 11.0. The number of ether oxygens (including phenoxy) is 2. The number of carbonyl (C=O) groups is 1. The van der Waals surface area contributed by atoms with Gasteiger partial charge in [-0.3, -0.25) is 0 Å². The van der Waals surface area contributed by atoms with E-state index in [0.717, 1.165) is 0 Å². The van der Waals surface area contributed by atoms with Crippen molar-refractivity contribution in [3.63, 3.8) is 0 Å². The van der Waals surface area contributed by atoms with Crippen LogP contribution in [0.5, 0.6) is 0 Å². The van der Waals surface area contributed by atoms with Crippen LogP contribution in [0.2, 0.25) is 0 Å². The van der Waals surface area contributed by atoms with E-state index < -0.39 is 12.9 Å². The lowest BCUT2D eigenvalue weighted by molar-refractivity contribution is -0.148. The smallest absolute Gasteiger partial charge is 0.334 e. The summed E-state index contributed by atoms with van der Waals surface area (Å²) in [5, 5.41) is 3.73. The number of esters is 1. The summed E-state index contributed by atoms with van der Waals surface area (Å²) in [6.07, 6.45) is 2.12. The van der Waals surface area contributed by atoms with E-state index in [1.807, 2.05) is 45.9 Å². The third kappa shape index (κ3) is 5.87. The molecule has 0 heterocycles. The molecule has 4 heteroatoms. The lowest BCUT2D eigenvalue weighted by atomic mass is 10.2. The molecule has 0 aliphatic rings. The van der Waals surface area contributed by atoms with Gasteiger partial charge in [-0.2, -0.15) is 0 Å². The molecular formula is C28H32O3P+. The summed E-state index contributed by atoms with van der Waals surface area (Å²) in [6.45, 7) is 8.03. The van der Waals surface area contributed by atoms with E-state index in [4.69, 9.17) is 9.47 Å². The third-order valence-electron chi connectivity index (χ3n) is 5.00. The van der Waals surface area contributed by atoms with E-state index in [0.29, 0.717) is 18.5 Å². The first kappa shape index (κ1) is 23.8. The van der Waals surface area contributed by atoms with Crippen LogP contribution in [0.3, 0.4) is 0 Å². The predicted octanol–water partition coefficient (Wildman–Crippen LogP) is 5.24. The molecule has 0 spiro atoms. The molecule has 3 aromatic carbocycles. The van der Waals surface area contributed by atoms with E-state index in [2.05, 4.69) is 72.8 Å². The van der Waals surface area contributed by atoms with Crippen LogP contribution in [-0.4, -0.2) is 24.3 Å². The summed E-state index contributed by atoms with van der Waals surface area (Å²) in [5.41, 5.74) is -0.560. The molecule has 0 aromatic heterocycles. The molecule has 0 radical (unpaired) electrons. The molecule has 0 aliphatic carbocycles. The van der Waals surface area contributed by atoms with Crippen LogP contribution >= 0.6 is 7.26 Å². The minimum Gasteiger partial charge on any atom is -0.494 e. The van der Waals surface area contributed by atoms with Gasteiger partial charge in [0, 0.05) is 0 Å². The molecule has 3 rings (SSSR count). The van der Waals surface area contributed by atoms with Gasteiger partial charge in [-0.05, 0) is 64.1 Å². The van der Waals surface area contributed by atoms with Gasteiger partial charge in [0.25, 0.3) is 0 Å². The first-order chi connectivity index (χ1) is 15.3. The Bertz CT molecular complexity index is 926. The van der Waals surface area contributed by atoms with Gasteiger partial charge in [0.05, 0.1) is 12.7 Å². The van der Waals surface area contributed by atoms with Crippen LogP contribution in [-0.2, 0) is 14.3 Å². The van der Waals surface area contributed by atoms with E-state index in [1.54, 1.807) is 0 Å². The van der Waals surface area contributed by atoms with Crippen LogP contribution in [0.1, 0.15) is 27.7 Å². The minimum atomic E-state index is -2.15. The zero-order valence-electron chi connectivity index (χ0n) is 19.3. The highest BCUT2D eigenvalue weighted by molar-refractivity contribution is 7.95. The predicted molar refractivity (Wildman–Crippen MR) is 136 cm³/mol. The van der Waals surface area contributed by atoms with Crippen molar-refractivity contribution in [3.05, 3.63) is 103 Å². The Kier molecular flexibility index (Phi) is 7.88. The van der Waals surface area contributed by atoms with Crippen LogP contribution in [0.25, 0.3) is 0 Å². The topological polar surface area (TPSA) is 35.5 Å². The molecule has 0 saturated heterocycles. The monoisotopic (exact) mass is 447 g/mol. The Morgan fingerprint density at radius 2 is 1.19 bits per heavy atom. The van der Waals surface area contributed by atoms with Crippen LogP contribution in [0, 0.1) is 0 Å². The van der Waals surface area contributed by atoms with E-state index >= 15 is 0 Å². The minimum absolute atomic E-state index is 0.381. The summed E-state index contributed by atoms with van der Waals surface area (Å²) < 4.78 is 11.6. The van der Waals surface area contributed by atoms with Gasteiger partial charge in [-0.1, -0.05) is 54.6 Å². The first-order valence-corrected chi connectivity index (χ1v) is 12.9. The van der Waals surface area contributed by atoms with Crippen molar-refractivity contribution in [2.24, 2.45) is 0 Å². The zero-order valence-corrected chi connectivity index (χ0v) is 20.2. The Hall–Kier alpha value is -2.90. The molecule has 3 aromatic rings. The number of allylic oxidation sites excluding steroid dienone is 1. The van der Waals surface area contributed by atoms with E-state index in [1.165, 1.54) is 22.0 Å². The van der Waals surface area contributed by atoms with Gasteiger partial charge >= 0.3 is 5.97 Å². The Balaban J connectivity index is 2.20. The molecule has 0 N–H and O–H groups in total. The Labute approximate surface area is 192 Å². The van der Waals surface area contributed by atoms with Gasteiger partial charge < -0.3 is 9.47 Å². The van der Waals surface area contributed by atoms with Gasteiger partial charge in [0.1, 0.15) is 40.7 Å². The summed E-state index contributed by atoms with van der Waals surface area (Å²) in [6, 6.07) is 31.7. The van der Waals surface area contributed by atoms with Crippen molar-refractivity contribution in [2.45, 2.75) is 33.3 Å². The fourth-order valence-corrected chi connectivity index (χ4v) is 7.92. The van der Waals surface area contributed by atoms with Crippen LogP contribution in [0.4, 0.5) is 0 Å². The zero-order chi connectivity index (χ0) is 23.0. The maximum atomic E-state index is 12.7. The molecule has 32 heavy (non-hydrogen) atoms. The highest BCUT2D eigenvalue weighted by Crippen LogP contribution is 2.56. The van der Waals surface area contributed by atoms with Gasteiger partial charge in [-0.15, -0.1) is 0 Å². The second-order valence-electron chi connectivity index (χ2n) is 8.55. The number of benzene rings is 3. The molecule has 3 nitrogen and oxygen atoms in total. The quantitative estimate of drug-likeness (QED) is 0.205. The SMILES string of the molecule is CCO/C(=C/C(=O)OC(C)(C)C)C[P+](c1ccccc1)(c1ccccc1)c1ccccc1. The van der Waals surface area contributed by atoms with Crippen molar-refractivity contribution >= 4 is 29.1 Å². The second-order valence-corrected chi connectivity index (χ2v) is 12.0. The summed E-state index contributed by atoms with van der Waals surface area (Å²) >= 11 is 0. The lowest BCUT2D eigenvalue weighted by Crippen LogP contribution is -2.34. The van der Waals surface area contributed by atoms with Crippen molar-refractivity contribution in [2.75, 3.05) is 12.8 Å². The summed E-state index contributed by atoms with van der Waals surface area (Å²) in [7, 11) is -2.15. The van der Waals surface area contributed by atoms with Crippen molar-refractivity contribution < 1.29 is 14.3 Å².